The zero-order valence-electron chi connectivity index (χ0n) is 11.8. The molecule has 0 aliphatic rings. The Kier molecular flexibility index (Phi) is 4.45. The molecule has 2 rings (SSSR count). The second-order valence-corrected chi connectivity index (χ2v) is 5.72. The van der Waals surface area contributed by atoms with Crippen molar-refractivity contribution in [1.82, 2.24) is 0 Å². The molecule has 2 aromatic rings. The van der Waals surface area contributed by atoms with E-state index in [1.54, 1.807) is 0 Å². The first-order chi connectivity index (χ1) is 9.47. The second-order valence-electron chi connectivity index (χ2n) is 4.86. The van der Waals surface area contributed by atoms with E-state index in [9.17, 15) is 4.79 Å². The molecule has 0 atom stereocenters. The lowest BCUT2D eigenvalue weighted by Crippen LogP contribution is -2.13. The zero-order chi connectivity index (χ0) is 14.7. The van der Waals surface area contributed by atoms with Crippen molar-refractivity contribution >= 4 is 33.2 Å². The Morgan fingerprint density at radius 2 is 1.90 bits per heavy atom. The fourth-order valence-electron chi connectivity index (χ4n) is 1.80. The van der Waals surface area contributed by atoms with Gasteiger partial charge < -0.3 is 10.2 Å². The number of nitrogens with one attached hydrogen (secondary N) is 1. The van der Waals surface area contributed by atoms with Crippen LogP contribution in [0.15, 0.2) is 46.9 Å². The van der Waals surface area contributed by atoms with Crippen LogP contribution in [0.25, 0.3) is 0 Å². The maximum absolute atomic E-state index is 12.2. The van der Waals surface area contributed by atoms with Crippen molar-refractivity contribution in [2.45, 2.75) is 6.92 Å². The van der Waals surface area contributed by atoms with E-state index in [-0.39, 0.29) is 5.91 Å². The Balaban J connectivity index is 2.19. The fraction of sp³-hybridized carbons (Fsp3) is 0.188. The van der Waals surface area contributed by atoms with Gasteiger partial charge in [0.2, 0.25) is 0 Å². The van der Waals surface area contributed by atoms with Gasteiger partial charge in [-0.05, 0) is 42.8 Å². The van der Waals surface area contributed by atoms with Gasteiger partial charge in [0, 0.05) is 35.5 Å². The molecule has 104 valence electrons. The molecule has 0 bridgehead atoms. The summed E-state index contributed by atoms with van der Waals surface area (Å²) in [6.45, 7) is 1.99. The molecule has 0 unspecified atom stereocenters. The lowest BCUT2D eigenvalue weighted by atomic mass is 10.1. The van der Waals surface area contributed by atoms with Crippen molar-refractivity contribution in [2.24, 2.45) is 0 Å². The summed E-state index contributed by atoms with van der Waals surface area (Å²) in [7, 11) is 3.94. The Hall–Kier alpha value is -1.81. The number of halogens is 1. The highest BCUT2D eigenvalue weighted by Crippen LogP contribution is 2.20. The van der Waals surface area contributed by atoms with Crippen molar-refractivity contribution in [3.05, 3.63) is 58.1 Å². The van der Waals surface area contributed by atoms with Gasteiger partial charge in [0.15, 0.2) is 0 Å². The third-order valence-electron chi connectivity index (χ3n) is 3.05. The van der Waals surface area contributed by atoms with Gasteiger partial charge in [-0.3, -0.25) is 4.79 Å². The first-order valence-corrected chi connectivity index (χ1v) is 7.11. The van der Waals surface area contributed by atoms with Gasteiger partial charge in [0.25, 0.3) is 5.91 Å². The van der Waals surface area contributed by atoms with Gasteiger partial charge in [0.05, 0.1) is 0 Å². The molecule has 3 nitrogen and oxygen atoms in total. The van der Waals surface area contributed by atoms with E-state index in [4.69, 9.17) is 0 Å². The highest BCUT2D eigenvalue weighted by molar-refractivity contribution is 9.10. The quantitative estimate of drug-likeness (QED) is 0.918. The monoisotopic (exact) mass is 332 g/mol. The summed E-state index contributed by atoms with van der Waals surface area (Å²) < 4.78 is 0.937. The summed E-state index contributed by atoms with van der Waals surface area (Å²) in [6.07, 6.45) is 0. The first-order valence-electron chi connectivity index (χ1n) is 6.32. The van der Waals surface area contributed by atoms with Crippen LogP contribution in [-0.2, 0) is 0 Å². The predicted molar refractivity (Wildman–Crippen MR) is 87.6 cm³/mol. The van der Waals surface area contributed by atoms with Crippen molar-refractivity contribution in [3.63, 3.8) is 0 Å². The van der Waals surface area contributed by atoms with E-state index in [0.717, 1.165) is 21.4 Å². The second kappa shape index (κ2) is 6.09. The number of nitrogens with zero attached hydrogens (tertiary/aromatic N) is 1. The van der Waals surface area contributed by atoms with E-state index in [1.165, 1.54) is 0 Å². The summed E-state index contributed by atoms with van der Waals surface area (Å²) in [6, 6.07) is 13.3. The molecule has 1 N–H and O–H groups in total. The average molecular weight is 333 g/mol. The SMILES string of the molecule is Cc1ccc(C(=O)Nc2cccc(N(C)C)c2)cc1Br. The fourth-order valence-corrected chi connectivity index (χ4v) is 2.18. The Morgan fingerprint density at radius 1 is 1.15 bits per heavy atom. The standard InChI is InChI=1S/C16H17BrN2O/c1-11-7-8-12(9-15(11)17)16(20)18-13-5-4-6-14(10-13)19(2)3/h4-10H,1-3H3,(H,18,20). The third-order valence-corrected chi connectivity index (χ3v) is 3.91. The minimum absolute atomic E-state index is 0.110. The number of amides is 1. The van der Waals surface area contributed by atoms with Gasteiger partial charge in [-0.25, -0.2) is 0 Å². The van der Waals surface area contributed by atoms with Crippen LogP contribution in [-0.4, -0.2) is 20.0 Å². The Bertz CT molecular complexity index is 638. The molecule has 0 aliphatic carbocycles. The summed E-state index contributed by atoms with van der Waals surface area (Å²) in [5, 5.41) is 2.91. The smallest absolute Gasteiger partial charge is 0.255 e. The molecule has 2 aromatic carbocycles. The van der Waals surface area contributed by atoms with Crippen molar-refractivity contribution in [3.8, 4) is 0 Å². The number of hydrogen-bond acceptors (Lipinski definition) is 2. The topological polar surface area (TPSA) is 32.3 Å². The van der Waals surface area contributed by atoms with E-state index < -0.39 is 0 Å². The maximum atomic E-state index is 12.2. The van der Waals surface area contributed by atoms with Gasteiger partial charge in [-0.15, -0.1) is 0 Å². The number of carbonyl (C=O) groups is 1. The van der Waals surface area contributed by atoms with Gasteiger partial charge in [-0.2, -0.15) is 0 Å². The van der Waals surface area contributed by atoms with Crippen LogP contribution in [0.5, 0.6) is 0 Å². The number of rotatable bonds is 3. The van der Waals surface area contributed by atoms with Crippen molar-refractivity contribution in [2.75, 3.05) is 24.3 Å². The van der Waals surface area contributed by atoms with Crippen LogP contribution < -0.4 is 10.2 Å². The van der Waals surface area contributed by atoms with Crippen molar-refractivity contribution < 1.29 is 4.79 Å². The normalized spacial score (nSPS) is 10.2. The molecule has 0 fully saturated rings. The third kappa shape index (κ3) is 3.39. The number of carbonyl (C=O) groups excluding carboxylic acids is 1. The van der Waals surface area contributed by atoms with E-state index >= 15 is 0 Å². The minimum Gasteiger partial charge on any atom is -0.378 e. The van der Waals surface area contributed by atoms with Crippen LogP contribution >= 0.6 is 15.9 Å². The lowest BCUT2D eigenvalue weighted by Gasteiger charge is -2.14. The molecule has 0 spiro atoms. The molecular weight excluding hydrogens is 316 g/mol. The number of aryl methyl sites for hydroxylation is 1. The van der Waals surface area contributed by atoms with Crippen LogP contribution in [0, 0.1) is 6.92 Å². The average Bonchev–Trinajstić information content (AvgIpc) is 2.42. The highest BCUT2D eigenvalue weighted by atomic mass is 79.9. The molecule has 0 aromatic heterocycles. The van der Waals surface area contributed by atoms with Crippen molar-refractivity contribution in [1.29, 1.82) is 0 Å². The number of hydrogen-bond donors (Lipinski definition) is 1. The molecule has 1 amide bonds. The van der Waals surface area contributed by atoms with Gasteiger partial charge >= 0.3 is 0 Å². The van der Waals surface area contributed by atoms with Crippen LogP contribution in [0.1, 0.15) is 15.9 Å². The zero-order valence-corrected chi connectivity index (χ0v) is 13.4. The molecule has 0 radical (unpaired) electrons. The molecule has 0 aliphatic heterocycles. The van der Waals surface area contributed by atoms with Gasteiger partial charge in [-0.1, -0.05) is 28.1 Å². The maximum Gasteiger partial charge on any atom is 0.255 e. The highest BCUT2D eigenvalue weighted by Gasteiger charge is 2.08. The number of benzene rings is 2. The summed E-state index contributed by atoms with van der Waals surface area (Å²) in [4.78, 5) is 14.2. The molecule has 4 heteroatoms. The lowest BCUT2D eigenvalue weighted by molar-refractivity contribution is 0.102. The Labute approximate surface area is 127 Å². The summed E-state index contributed by atoms with van der Waals surface area (Å²) in [5.41, 5.74) is 3.58. The molecule has 20 heavy (non-hydrogen) atoms. The largest absolute Gasteiger partial charge is 0.378 e. The Morgan fingerprint density at radius 3 is 2.55 bits per heavy atom. The summed E-state index contributed by atoms with van der Waals surface area (Å²) in [5.74, 6) is -0.110. The molecular formula is C16H17BrN2O. The first kappa shape index (κ1) is 14.6. The van der Waals surface area contributed by atoms with E-state index in [0.29, 0.717) is 5.56 Å². The minimum atomic E-state index is -0.110. The number of anilines is 2. The van der Waals surface area contributed by atoms with E-state index in [1.807, 2.05) is 68.4 Å². The van der Waals surface area contributed by atoms with Crippen LogP contribution in [0.2, 0.25) is 0 Å². The van der Waals surface area contributed by atoms with Gasteiger partial charge in [0.1, 0.15) is 0 Å². The van der Waals surface area contributed by atoms with Crippen LogP contribution in [0.3, 0.4) is 0 Å². The summed E-state index contributed by atoms with van der Waals surface area (Å²) >= 11 is 3.44. The predicted octanol–water partition coefficient (Wildman–Crippen LogP) is 4.08. The van der Waals surface area contributed by atoms with E-state index in [2.05, 4.69) is 21.2 Å². The van der Waals surface area contributed by atoms with Crippen LogP contribution in [0.4, 0.5) is 11.4 Å². The molecule has 0 heterocycles. The molecule has 0 saturated carbocycles. The molecule has 0 saturated heterocycles.